The molecule has 1 aliphatic heterocycles. The molecule has 20 heavy (non-hydrogen) atoms. The van der Waals surface area contributed by atoms with Crippen LogP contribution in [-0.4, -0.2) is 29.0 Å². The SMILES string of the molecule is CC1CCCN(Cc2nc3ccc(F)cc3s2)C1CN. The van der Waals surface area contributed by atoms with E-state index in [-0.39, 0.29) is 5.82 Å². The van der Waals surface area contributed by atoms with E-state index in [9.17, 15) is 4.39 Å². The van der Waals surface area contributed by atoms with Crippen LogP contribution >= 0.6 is 11.3 Å². The Hall–Kier alpha value is -1.04. The van der Waals surface area contributed by atoms with Crippen LogP contribution in [0.5, 0.6) is 0 Å². The lowest BCUT2D eigenvalue weighted by atomic mass is 9.91. The summed E-state index contributed by atoms with van der Waals surface area (Å²) in [4.78, 5) is 7.04. The quantitative estimate of drug-likeness (QED) is 0.946. The number of thiazole rings is 1. The van der Waals surface area contributed by atoms with Crippen molar-refractivity contribution in [2.45, 2.75) is 32.4 Å². The van der Waals surface area contributed by atoms with E-state index >= 15 is 0 Å². The van der Waals surface area contributed by atoms with Gasteiger partial charge in [-0.1, -0.05) is 6.92 Å². The topological polar surface area (TPSA) is 42.2 Å². The van der Waals surface area contributed by atoms with Crippen LogP contribution < -0.4 is 5.73 Å². The normalized spacial score (nSPS) is 24.4. The molecule has 5 heteroatoms. The van der Waals surface area contributed by atoms with E-state index in [1.807, 2.05) is 0 Å². The van der Waals surface area contributed by atoms with Crippen LogP contribution in [-0.2, 0) is 6.54 Å². The zero-order valence-electron chi connectivity index (χ0n) is 11.7. The van der Waals surface area contributed by atoms with E-state index in [0.29, 0.717) is 18.5 Å². The zero-order valence-corrected chi connectivity index (χ0v) is 12.5. The largest absolute Gasteiger partial charge is 0.329 e. The standard InChI is InChI=1S/C15H20FN3S/c1-10-3-2-6-19(13(10)8-17)9-15-18-12-5-4-11(16)7-14(12)20-15/h4-5,7,10,13H,2-3,6,8-9,17H2,1H3. The fourth-order valence-electron chi connectivity index (χ4n) is 3.10. The molecule has 0 radical (unpaired) electrons. The smallest absolute Gasteiger partial charge is 0.124 e. The van der Waals surface area contributed by atoms with Gasteiger partial charge in [-0.2, -0.15) is 0 Å². The molecule has 1 saturated heterocycles. The Labute approximate surface area is 122 Å². The van der Waals surface area contributed by atoms with Crippen molar-refractivity contribution in [1.82, 2.24) is 9.88 Å². The zero-order chi connectivity index (χ0) is 14.1. The third-order valence-corrected chi connectivity index (χ3v) is 5.21. The fraction of sp³-hybridized carbons (Fsp3) is 0.533. The summed E-state index contributed by atoms with van der Waals surface area (Å²) < 4.78 is 14.1. The van der Waals surface area contributed by atoms with E-state index in [1.165, 1.54) is 18.9 Å². The van der Waals surface area contributed by atoms with Crippen molar-refractivity contribution in [3.63, 3.8) is 0 Å². The molecule has 0 aliphatic carbocycles. The van der Waals surface area contributed by atoms with Gasteiger partial charge in [-0.3, -0.25) is 4.90 Å². The molecule has 2 N–H and O–H groups in total. The van der Waals surface area contributed by atoms with Crippen LogP contribution in [0.15, 0.2) is 18.2 Å². The molecule has 108 valence electrons. The van der Waals surface area contributed by atoms with Crippen LogP contribution in [0, 0.1) is 11.7 Å². The molecule has 3 rings (SSSR count). The fourth-order valence-corrected chi connectivity index (χ4v) is 4.12. The number of halogens is 1. The molecule has 0 bridgehead atoms. The molecule has 2 aromatic rings. The highest BCUT2D eigenvalue weighted by Crippen LogP contribution is 2.28. The van der Waals surface area contributed by atoms with Crippen molar-refractivity contribution in [2.24, 2.45) is 11.7 Å². The number of fused-ring (bicyclic) bond motifs is 1. The number of likely N-dealkylation sites (tertiary alicyclic amines) is 1. The maximum absolute atomic E-state index is 13.2. The van der Waals surface area contributed by atoms with Gasteiger partial charge in [-0.05, 0) is 43.5 Å². The van der Waals surface area contributed by atoms with Gasteiger partial charge in [0.05, 0.1) is 16.8 Å². The van der Waals surface area contributed by atoms with Crippen molar-refractivity contribution in [3.8, 4) is 0 Å². The molecule has 0 saturated carbocycles. The summed E-state index contributed by atoms with van der Waals surface area (Å²) in [6, 6.07) is 5.23. The van der Waals surface area contributed by atoms with E-state index in [1.54, 1.807) is 23.5 Å². The minimum absolute atomic E-state index is 0.195. The van der Waals surface area contributed by atoms with Crippen molar-refractivity contribution in [2.75, 3.05) is 13.1 Å². The van der Waals surface area contributed by atoms with Crippen LogP contribution in [0.3, 0.4) is 0 Å². The highest BCUT2D eigenvalue weighted by atomic mass is 32.1. The Balaban J connectivity index is 1.81. The molecule has 0 amide bonds. The molecular formula is C15H20FN3S. The first-order valence-electron chi connectivity index (χ1n) is 7.16. The summed E-state index contributed by atoms with van der Waals surface area (Å²) in [5.74, 6) is 0.444. The van der Waals surface area contributed by atoms with E-state index < -0.39 is 0 Å². The molecule has 1 fully saturated rings. The average molecular weight is 293 g/mol. The van der Waals surface area contributed by atoms with Gasteiger partial charge in [0.15, 0.2) is 0 Å². The van der Waals surface area contributed by atoms with Crippen LogP contribution in [0.25, 0.3) is 10.2 Å². The second-order valence-electron chi connectivity index (χ2n) is 5.61. The maximum atomic E-state index is 13.2. The summed E-state index contributed by atoms with van der Waals surface area (Å²) in [7, 11) is 0. The second kappa shape index (κ2) is 5.76. The highest BCUT2D eigenvalue weighted by Gasteiger charge is 2.27. The van der Waals surface area contributed by atoms with Crippen molar-refractivity contribution in [1.29, 1.82) is 0 Å². The number of hydrogen-bond acceptors (Lipinski definition) is 4. The minimum atomic E-state index is -0.195. The van der Waals surface area contributed by atoms with Gasteiger partial charge in [0.25, 0.3) is 0 Å². The third kappa shape index (κ3) is 2.71. The number of piperidine rings is 1. The summed E-state index contributed by atoms with van der Waals surface area (Å²) in [6.07, 6.45) is 2.47. The molecule has 0 spiro atoms. The number of aromatic nitrogens is 1. The molecule has 1 aromatic carbocycles. The summed E-state index contributed by atoms with van der Waals surface area (Å²) >= 11 is 1.59. The predicted octanol–water partition coefficient (Wildman–Crippen LogP) is 2.99. The lowest BCUT2D eigenvalue weighted by molar-refractivity contribution is 0.0990. The highest BCUT2D eigenvalue weighted by molar-refractivity contribution is 7.18. The van der Waals surface area contributed by atoms with Crippen molar-refractivity contribution in [3.05, 3.63) is 29.0 Å². The number of hydrogen-bond donors (Lipinski definition) is 1. The Kier molecular flexibility index (Phi) is 4.01. The molecule has 3 nitrogen and oxygen atoms in total. The molecule has 2 heterocycles. The first-order chi connectivity index (χ1) is 9.67. The van der Waals surface area contributed by atoms with Gasteiger partial charge >= 0.3 is 0 Å². The molecule has 2 unspecified atom stereocenters. The number of nitrogens with zero attached hydrogens (tertiary/aromatic N) is 2. The molecule has 2 atom stereocenters. The third-order valence-electron chi connectivity index (χ3n) is 4.21. The van der Waals surface area contributed by atoms with Gasteiger partial charge in [0.1, 0.15) is 10.8 Å². The van der Waals surface area contributed by atoms with Crippen molar-refractivity contribution >= 4 is 21.6 Å². The van der Waals surface area contributed by atoms with Crippen LogP contribution in [0.2, 0.25) is 0 Å². The lowest BCUT2D eigenvalue weighted by Crippen LogP contribution is -2.47. The lowest BCUT2D eigenvalue weighted by Gasteiger charge is -2.38. The Morgan fingerprint density at radius 1 is 1.50 bits per heavy atom. The average Bonchev–Trinajstić information content (AvgIpc) is 2.80. The van der Waals surface area contributed by atoms with Gasteiger partial charge in [0.2, 0.25) is 0 Å². The van der Waals surface area contributed by atoms with Gasteiger partial charge < -0.3 is 5.73 Å². The molecule has 1 aliphatic rings. The number of rotatable bonds is 3. The Morgan fingerprint density at radius 2 is 2.35 bits per heavy atom. The molecular weight excluding hydrogens is 273 g/mol. The van der Waals surface area contributed by atoms with E-state index in [4.69, 9.17) is 5.73 Å². The van der Waals surface area contributed by atoms with Gasteiger partial charge in [0, 0.05) is 12.6 Å². The first kappa shape index (κ1) is 13.9. The number of nitrogens with two attached hydrogens (primary N) is 1. The Morgan fingerprint density at radius 3 is 3.15 bits per heavy atom. The number of benzene rings is 1. The maximum Gasteiger partial charge on any atom is 0.124 e. The monoisotopic (exact) mass is 293 g/mol. The van der Waals surface area contributed by atoms with Gasteiger partial charge in [-0.25, -0.2) is 9.37 Å². The molecule has 1 aromatic heterocycles. The van der Waals surface area contributed by atoms with Gasteiger partial charge in [-0.15, -0.1) is 11.3 Å². The minimum Gasteiger partial charge on any atom is -0.329 e. The van der Waals surface area contributed by atoms with Crippen LogP contribution in [0.1, 0.15) is 24.8 Å². The van der Waals surface area contributed by atoms with Crippen molar-refractivity contribution < 1.29 is 4.39 Å². The van der Waals surface area contributed by atoms with E-state index in [2.05, 4.69) is 16.8 Å². The summed E-state index contributed by atoms with van der Waals surface area (Å²) in [5, 5.41) is 1.05. The summed E-state index contributed by atoms with van der Waals surface area (Å²) in [6.45, 7) is 4.88. The van der Waals surface area contributed by atoms with Crippen LogP contribution in [0.4, 0.5) is 4.39 Å². The Bertz CT molecular complexity index is 598. The van der Waals surface area contributed by atoms with E-state index in [0.717, 1.165) is 28.3 Å². The second-order valence-corrected chi connectivity index (χ2v) is 6.73. The summed E-state index contributed by atoms with van der Waals surface area (Å²) in [5.41, 5.74) is 6.81. The predicted molar refractivity (Wildman–Crippen MR) is 81.2 cm³/mol. The first-order valence-corrected chi connectivity index (χ1v) is 7.98.